The van der Waals surface area contributed by atoms with E-state index in [0.29, 0.717) is 47.1 Å². The molecule has 1 N–H and O–H groups in total. The summed E-state index contributed by atoms with van der Waals surface area (Å²) in [7, 11) is 0. The Morgan fingerprint density at radius 2 is 1.62 bits per heavy atom. The number of aliphatic hydroxyl groups excluding tert-OH is 1. The number of anilines is 1. The first kappa shape index (κ1) is 24.1. The van der Waals surface area contributed by atoms with E-state index in [1.165, 1.54) is 17.0 Å². The fourth-order valence-corrected chi connectivity index (χ4v) is 4.35. The van der Waals surface area contributed by atoms with Gasteiger partial charge in [-0.1, -0.05) is 0 Å². The fourth-order valence-electron chi connectivity index (χ4n) is 4.35. The molecule has 0 bridgehead atoms. The zero-order valence-electron chi connectivity index (χ0n) is 20.2. The third-order valence-corrected chi connectivity index (χ3v) is 6.01. The van der Waals surface area contributed by atoms with Gasteiger partial charge in [-0.15, -0.1) is 0 Å². The van der Waals surface area contributed by atoms with Crippen LogP contribution in [-0.4, -0.2) is 47.1 Å². The Morgan fingerprint density at radius 1 is 0.973 bits per heavy atom. The van der Waals surface area contributed by atoms with Crippen molar-refractivity contribution in [2.75, 3.05) is 18.1 Å². The largest absolute Gasteiger partial charge is 0.507 e. The van der Waals surface area contributed by atoms with Crippen LogP contribution < -0.4 is 14.4 Å². The average molecular weight is 501 g/mol. The Morgan fingerprint density at radius 3 is 2.30 bits per heavy atom. The number of fused-ring (bicyclic) bond motifs is 1. The van der Waals surface area contributed by atoms with Gasteiger partial charge in [0.2, 0.25) is 0 Å². The first-order chi connectivity index (χ1) is 17.8. The number of carbonyl (C=O) groups is 3. The zero-order valence-corrected chi connectivity index (χ0v) is 20.2. The number of benzene rings is 2. The lowest BCUT2D eigenvalue weighted by atomic mass is 9.95. The van der Waals surface area contributed by atoms with E-state index in [9.17, 15) is 19.5 Å². The molecule has 1 unspecified atom stereocenters. The quantitative estimate of drug-likeness (QED) is 0.242. The van der Waals surface area contributed by atoms with Gasteiger partial charge in [0.15, 0.2) is 11.5 Å². The van der Waals surface area contributed by atoms with Gasteiger partial charge in [0.1, 0.15) is 19.0 Å². The molecule has 1 fully saturated rings. The monoisotopic (exact) mass is 500 g/mol. The summed E-state index contributed by atoms with van der Waals surface area (Å²) in [6, 6.07) is 13.5. The Bertz CT molecular complexity index is 1400. The number of nitrogens with zero attached hydrogens (tertiary/aromatic N) is 2. The van der Waals surface area contributed by atoms with Gasteiger partial charge >= 0.3 is 5.97 Å². The molecule has 3 heterocycles. The minimum Gasteiger partial charge on any atom is -0.507 e. The van der Waals surface area contributed by atoms with Crippen molar-refractivity contribution in [2.45, 2.75) is 26.0 Å². The van der Waals surface area contributed by atoms with E-state index >= 15 is 0 Å². The normalized spacial score (nSPS) is 18.2. The van der Waals surface area contributed by atoms with Crippen molar-refractivity contribution in [3.63, 3.8) is 0 Å². The third-order valence-electron chi connectivity index (χ3n) is 6.01. The molecule has 1 saturated heterocycles. The van der Waals surface area contributed by atoms with Gasteiger partial charge in [0.05, 0.1) is 23.3 Å². The van der Waals surface area contributed by atoms with Crippen LogP contribution in [0.5, 0.6) is 11.5 Å². The summed E-state index contributed by atoms with van der Waals surface area (Å²) >= 11 is 0. The molecule has 5 rings (SSSR count). The summed E-state index contributed by atoms with van der Waals surface area (Å²) in [5.74, 6) is -1.50. The minimum absolute atomic E-state index is 0.0730. The van der Waals surface area contributed by atoms with Gasteiger partial charge in [-0.3, -0.25) is 19.5 Å². The van der Waals surface area contributed by atoms with Crippen LogP contribution in [0.4, 0.5) is 5.69 Å². The van der Waals surface area contributed by atoms with Crippen molar-refractivity contribution in [3.8, 4) is 11.5 Å². The van der Waals surface area contributed by atoms with E-state index in [0.717, 1.165) is 0 Å². The van der Waals surface area contributed by atoms with Crippen molar-refractivity contribution < 1.29 is 33.7 Å². The van der Waals surface area contributed by atoms with Crippen molar-refractivity contribution >= 4 is 29.1 Å². The molecule has 1 aromatic heterocycles. The number of pyridine rings is 1. The van der Waals surface area contributed by atoms with Crippen LogP contribution in [0.1, 0.15) is 41.4 Å². The Hall–Kier alpha value is -4.66. The van der Waals surface area contributed by atoms with Gasteiger partial charge in [0.25, 0.3) is 11.7 Å². The van der Waals surface area contributed by atoms with Crippen LogP contribution in [0.2, 0.25) is 0 Å². The summed E-state index contributed by atoms with van der Waals surface area (Å²) < 4.78 is 16.4. The molecule has 37 heavy (non-hydrogen) atoms. The lowest BCUT2D eigenvalue weighted by Crippen LogP contribution is -2.29. The van der Waals surface area contributed by atoms with Crippen LogP contribution in [0.15, 0.2) is 72.6 Å². The van der Waals surface area contributed by atoms with E-state index in [1.54, 1.807) is 68.7 Å². The molecule has 3 aromatic rings. The number of ketones is 1. The predicted octanol–water partition coefficient (Wildman–Crippen LogP) is 4.04. The summed E-state index contributed by atoms with van der Waals surface area (Å²) in [4.78, 5) is 44.2. The molecule has 0 spiro atoms. The number of amides is 1. The van der Waals surface area contributed by atoms with Gasteiger partial charge in [0, 0.05) is 23.6 Å². The van der Waals surface area contributed by atoms with E-state index < -0.39 is 23.7 Å². The molecule has 9 nitrogen and oxygen atoms in total. The molecule has 2 aromatic carbocycles. The van der Waals surface area contributed by atoms with Crippen molar-refractivity contribution in [2.24, 2.45) is 0 Å². The lowest BCUT2D eigenvalue weighted by Gasteiger charge is -2.25. The smallest absolute Gasteiger partial charge is 0.338 e. The molecule has 9 heteroatoms. The molecule has 0 radical (unpaired) electrons. The number of aromatic nitrogens is 1. The number of hydrogen-bond donors (Lipinski definition) is 1. The van der Waals surface area contributed by atoms with Gasteiger partial charge < -0.3 is 19.3 Å². The van der Waals surface area contributed by atoms with Crippen LogP contribution in [-0.2, 0) is 14.3 Å². The highest BCUT2D eigenvalue weighted by Crippen LogP contribution is 2.43. The maximum absolute atomic E-state index is 13.3. The van der Waals surface area contributed by atoms with Gasteiger partial charge in [-0.05, 0) is 74.0 Å². The average Bonchev–Trinajstić information content (AvgIpc) is 3.18. The summed E-state index contributed by atoms with van der Waals surface area (Å²) in [5.41, 5.74) is 1.51. The van der Waals surface area contributed by atoms with Crippen molar-refractivity contribution in [1.82, 2.24) is 4.98 Å². The zero-order chi connectivity index (χ0) is 26.1. The highest BCUT2D eigenvalue weighted by atomic mass is 16.6. The minimum atomic E-state index is -0.926. The highest BCUT2D eigenvalue weighted by molar-refractivity contribution is 6.51. The summed E-state index contributed by atoms with van der Waals surface area (Å²) in [6.45, 7) is 4.28. The molecule has 0 saturated carbocycles. The van der Waals surface area contributed by atoms with Crippen LogP contribution in [0.25, 0.3) is 5.76 Å². The van der Waals surface area contributed by atoms with Crippen LogP contribution in [0.3, 0.4) is 0 Å². The number of ether oxygens (including phenoxy) is 3. The molecule has 0 aliphatic carbocycles. The van der Waals surface area contributed by atoms with E-state index in [2.05, 4.69) is 4.98 Å². The molecule has 2 aliphatic heterocycles. The molecular formula is C28H24N2O7. The molecular weight excluding hydrogens is 476 g/mol. The Labute approximate surface area is 212 Å². The highest BCUT2D eigenvalue weighted by Gasteiger charge is 2.47. The molecule has 1 atom stereocenters. The topological polar surface area (TPSA) is 115 Å². The van der Waals surface area contributed by atoms with Gasteiger partial charge in [-0.2, -0.15) is 0 Å². The lowest BCUT2D eigenvalue weighted by molar-refractivity contribution is -0.132. The summed E-state index contributed by atoms with van der Waals surface area (Å²) in [5, 5.41) is 11.3. The number of carbonyl (C=O) groups excluding carboxylic acids is 3. The van der Waals surface area contributed by atoms with E-state index in [4.69, 9.17) is 14.2 Å². The third kappa shape index (κ3) is 4.51. The van der Waals surface area contributed by atoms with E-state index in [-0.39, 0.29) is 17.4 Å². The molecule has 2 aliphatic rings. The second-order valence-corrected chi connectivity index (χ2v) is 8.81. The first-order valence-corrected chi connectivity index (χ1v) is 11.8. The van der Waals surface area contributed by atoms with Crippen LogP contribution in [0, 0.1) is 0 Å². The second-order valence-electron chi connectivity index (χ2n) is 8.81. The maximum atomic E-state index is 13.3. The van der Waals surface area contributed by atoms with Crippen LogP contribution >= 0.6 is 0 Å². The Kier molecular flexibility index (Phi) is 6.35. The molecule has 188 valence electrons. The number of aliphatic hydroxyl groups is 1. The molecule has 1 amide bonds. The van der Waals surface area contributed by atoms with Gasteiger partial charge in [-0.25, -0.2) is 4.79 Å². The number of Topliss-reactive ketones (excluding diaryl/α,β-unsaturated/α-hetero) is 1. The van der Waals surface area contributed by atoms with Crippen molar-refractivity contribution in [1.29, 1.82) is 0 Å². The van der Waals surface area contributed by atoms with E-state index in [1.807, 2.05) is 0 Å². The standard InChI is InChI=1S/C28H24N2O7/c1-16(2)37-28(34)18-3-6-20(7-4-18)30-24(17-9-11-29-12-10-17)23(26(32)27(30)33)25(31)19-5-8-21-22(15-19)36-14-13-35-21/h3-12,15-16,24,31H,13-14H2,1-2H3/b25-23-. The fraction of sp³-hybridized carbons (Fsp3) is 0.214. The SMILES string of the molecule is CC(C)OC(=O)c1ccc(N2C(=O)C(=O)/C(=C(\O)c3ccc4c(c3)OCCO4)C2c2ccncc2)cc1. The summed E-state index contributed by atoms with van der Waals surface area (Å²) in [6.07, 6.45) is 2.81. The maximum Gasteiger partial charge on any atom is 0.338 e. The number of hydrogen-bond acceptors (Lipinski definition) is 8. The predicted molar refractivity (Wildman–Crippen MR) is 133 cm³/mol. The number of rotatable bonds is 5. The van der Waals surface area contributed by atoms with Crippen molar-refractivity contribution in [3.05, 3.63) is 89.3 Å². The number of esters is 1. The Balaban J connectivity index is 1.59. The second kappa shape index (κ2) is 9.77. The first-order valence-electron chi connectivity index (χ1n) is 11.8.